The van der Waals surface area contributed by atoms with Crippen molar-refractivity contribution in [3.8, 4) is 0 Å². The summed E-state index contributed by atoms with van der Waals surface area (Å²) in [5.41, 5.74) is 2.81. The second kappa shape index (κ2) is 8.06. The van der Waals surface area contributed by atoms with E-state index in [2.05, 4.69) is 11.3 Å². The summed E-state index contributed by atoms with van der Waals surface area (Å²) in [6.45, 7) is 5.50. The van der Waals surface area contributed by atoms with E-state index in [0.29, 0.717) is 12.8 Å². The van der Waals surface area contributed by atoms with E-state index in [9.17, 15) is 13.2 Å². The molecule has 1 aliphatic carbocycles. The molecule has 0 fully saturated rings. The summed E-state index contributed by atoms with van der Waals surface area (Å²) in [5.74, 6) is -0.354. The number of fused-ring (bicyclic) bond motifs is 1. The standard InChI is InChI=1S/C21H23NO4S/c1-3-4-9-20(23)26-19-14-16-7-5-6-8-18(16)21(19)22-27(24,25)17-12-10-15(2)11-13-17/h3,5-8,10-13,19,21-22H,1,4,9,14H2,2H3/t19-,21+/m1/s1. The first-order chi connectivity index (χ1) is 12.9. The number of ether oxygens (including phenoxy) is 1. The van der Waals surface area contributed by atoms with E-state index in [0.717, 1.165) is 16.7 Å². The van der Waals surface area contributed by atoms with Crippen LogP contribution in [-0.4, -0.2) is 20.5 Å². The minimum Gasteiger partial charge on any atom is -0.460 e. The molecule has 2 atom stereocenters. The van der Waals surface area contributed by atoms with Gasteiger partial charge in [-0.3, -0.25) is 4.79 Å². The molecule has 0 spiro atoms. The molecule has 0 amide bonds. The molecule has 6 heteroatoms. The topological polar surface area (TPSA) is 72.5 Å². The number of benzene rings is 2. The zero-order chi connectivity index (χ0) is 19.4. The third-order valence-corrected chi connectivity index (χ3v) is 6.09. The Bertz CT molecular complexity index is 935. The van der Waals surface area contributed by atoms with Crippen LogP contribution in [0.15, 0.2) is 66.1 Å². The number of nitrogens with one attached hydrogen (secondary N) is 1. The van der Waals surface area contributed by atoms with Crippen molar-refractivity contribution in [3.63, 3.8) is 0 Å². The van der Waals surface area contributed by atoms with Gasteiger partial charge < -0.3 is 4.74 Å². The Balaban J connectivity index is 1.85. The van der Waals surface area contributed by atoms with Crippen molar-refractivity contribution >= 4 is 16.0 Å². The number of rotatable bonds is 7. The van der Waals surface area contributed by atoms with Gasteiger partial charge in [0.1, 0.15) is 6.10 Å². The molecule has 142 valence electrons. The molecular weight excluding hydrogens is 362 g/mol. The van der Waals surface area contributed by atoms with Crippen molar-refractivity contribution in [1.29, 1.82) is 0 Å². The van der Waals surface area contributed by atoms with Gasteiger partial charge in [-0.05, 0) is 36.6 Å². The molecule has 0 bridgehead atoms. The molecule has 0 aromatic heterocycles. The van der Waals surface area contributed by atoms with Crippen molar-refractivity contribution in [2.24, 2.45) is 0 Å². The Kier molecular flexibility index (Phi) is 5.77. The largest absolute Gasteiger partial charge is 0.460 e. The predicted octanol–water partition coefficient (Wildman–Crippen LogP) is 3.45. The maximum absolute atomic E-state index is 12.8. The quantitative estimate of drug-likeness (QED) is 0.585. The molecule has 3 rings (SSSR count). The lowest BCUT2D eigenvalue weighted by atomic mass is 10.1. The first-order valence-electron chi connectivity index (χ1n) is 8.88. The van der Waals surface area contributed by atoms with Crippen LogP contribution in [-0.2, 0) is 26.0 Å². The number of aryl methyl sites for hydroxylation is 1. The van der Waals surface area contributed by atoms with Crippen molar-refractivity contribution in [2.75, 3.05) is 0 Å². The fourth-order valence-corrected chi connectivity index (χ4v) is 4.45. The Hall–Kier alpha value is -2.44. The summed E-state index contributed by atoms with van der Waals surface area (Å²) >= 11 is 0. The number of hydrogen-bond acceptors (Lipinski definition) is 4. The zero-order valence-corrected chi connectivity index (χ0v) is 16.0. The van der Waals surface area contributed by atoms with Crippen LogP contribution in [0.4, 0.5) is 0 Å². The Morgan fingerprint density at radius 2 is 1.93 bits per heavy atom. The summed E-state index contributed by atoms with van der Waals surface area (Å²) in [5, 5.41) is 0. The van der Waals surface area contributed by atoms with Gasteiger partial charge in [0.25, 0.3) is 0 Å². The van der Waals surface area contributed by atoms with Gasteiger partial charge in [-0.15, -0.1) is 6.58 Å². The molecule has 1 N–H and O–H groups in total. The third kappa shape index (κ3) is 4.46. The lowest BCUT2D eigenvalue weighted by Gasteiger charge is -2.22. The summed E-state index contributed by atoms with van der Waals surface area (Å²) in [7, 11) is -3.75. The fraction of sp³-hybridized carbons (Fsp3) is 0.286. The first kappa shape index (κ1) is 19.3. The number of carbonyl (C=O) groups excluding carboxylic acids is 1. The van der Waals surface area contributed by atoms with Crippen LogP contribution < -0.4 is 4.72 Å². The molecule has 0 radical (unpaired) electrons. The summed E-state index contributed by atoms with van der Waals surface area (Å²) in [6, 6.07) is 13.6. The number of esters is 1. The molecule has 27 heavy (non-hydrogen) atoms. The number of sulfonamides is 1. The van der Waals surface area contributed by atoms with E-state index in [4.69, 9.17) is 4.74 Å². The summed E-state index contributed by atoms with van der Waals surface area (Å²) in [4.78, 5) is 12.3. The van der Waals surface area contributed by atoms with Crippen LogP contribution in [0.3, 0.4) is 0 Å². The molecule has 0 heterocycles. The van der Waals surface area contributed by atoms with Crippen molar-refractivity contribution in [3.05, 3.63) is 77.9 Å². The SMILES string of the molecule is C=CCCC(=O)O[C@@H]1Cc2ccccc2[C@@H]1NS(=O)(=O)c1ccc(C)cc1. The third-order valence-electron chi connectivity index (χ3n) is 4.63. The summed E-state index contributed by atoms with van der Waals surface area (Å²) < 4.78 is 34.0. The molecule has 0 saturated heterocycles. The molecule has 1 aliphatic rings. The van der Waals surface area contributed by atoms with Crippen molar-refractivity contribution < 1.29 is 17.9 Å². The van der Waals surface area contributed by atoms with E-state index in [1.54, 1.807) is 30.3 Å². The predicted molar refractivity (Wildman–Crippen MR) is 104 cm³/mol. The number of hydrogen-bond donors (Lipinski definition) is 1. The first-order valence-corrected chi connectivity index (χ1v) is 10.4. The van der Waals surface area contributed by atoms with Crippen molar-refractivity contribution in [2.45, 2.75) is 43.2 Å². The molecule has 2 aromatic carbocycles. The molecule has 0 saturated carbocycles. The maximum Gasteiger partial charge on any atom is 0.306 e. The van der Waals surface area contributed by atoms with Gasteiger partial charge in [-0.25, -0.2) is 8.42 Å². The van der Waals surface area contributed by atoms with Gasteiger partial charge in [0.2, 0.25) is 10.0 Å². The highest BCUT2D eigenvalue weighted by molar-refractivity contribution is 7.89. The van der Waals surface area contributed by atoms with Gasteiger partial charge in [-0.1, -0.05) is 48.0 Å². The highest BCUT2D eigenvalue weighted by Gasteiger charge is 2.37. The highest BCUT2D eigenvalue weighted by atomic mass is 32.2. The Morgan fingerprint density at radius 3 is 2.63 bits per heavy atom. The average Bonchev–Trinajstić information content (AvgIpc) is 2.97. The minimum atomic E-state index is -3.75. The van der Waals surface area contributed by atoms with Crippen LogP contribution in [0.25, 0.3) is 0 Å². The van der Waals surface area contributed by atoms with Crippen LogP contribution in [0, 0.1) is 6.92 Å². The molecule has 0 unspecified atom stereocenters. The Labute approximate surface area is 160 Å². The molecule has 0 aliphatic heterocycles. The second-order valence-corrected chi connectivity index (χ2v) is 8.38. The average molecular weight is 385 g/mol. The van der Waals surface area contributed by atoms with E-state index in [-0.39, 0.29) is 17.3 Å². The van der Waals surface area contributed by atoms with E-state index < -0.39 is 22.2 Å². The van der Waals surface area contributed by atoms with Crippen LogP contribution in [0.5, 0.6) is 0 Å². The molecule has 2 aromatic rings. The minimum absolute atomic E-state index is 0.189. The van der Waals surface area contributed by atoms with Gasteiger partial charge in [-0.2, -0.15) is 4.72 Å². The monoisotopic (exact) mass is 385 g/mol. The van der Waals surface area contributed by atoms with E-state index in [1.165, 1.54) is 0 Å². The van der Waals surface area contributed by atoms with Crippen LogP contribution in [0.2, 0.25) is 0 Å². The van der Waals surface area contributed by atoms with Gasteiger partial charge in [0.15, 0.2) is 0 Å². The lowest BCUT2D eigenvalue weighted by Crippen LogP contribution is -2.36. The van der Waals surface area contributed by atoms with Gasteiger partial charge in [0, 0.05) is 12.8 Å². The number of allylic oxidation sites excluding steroid dienone is 1. The lowest BCUT2D eigenvalue weighted by molar-refractivity contribution is -0.149. The van der Waals surface area contributed by atoms with Crippen LogP contribution >= 0.6 is 0 Å². The highest BCUT2D eigenvalue weighted by Crippen LogP contribution is 2.34. The normalized spacial score (nSPS) is 18.7. The summed E-state index contributed by atoms with van der Waals surface area (Å²) in [6.07, 6.45) is 2.32. The molecule has 5 nitrogen and oxygen atoms in total. The van der Waals surface area contributed by atoms with Gasteiger partial charge >= 0.3 is 5.97 Å². The Morgan fingerprint density at radius 1 is 1.22 bits per heavy atom. The van der Waals surface area contributed by atoms with Gasteiger partial charge in [0.05, 0.1) is 10.9 Å². The molecular formula is C21H23NO4S. The number of carbonyl (C=O) groups is 1. The van der Waals surface area contributed by atoms with Crippen LogP contribution in [0.1, 0.15) is 35.6 Å². The smallest absolute Gasteiger partial charge is 0.306 e. The van der Waals surface area contributed by atoms with E-state index >= 15 is 0 Å². The zero-order valence-electron chi connectivity index (χ0n) is 15.2. The second-order valence-electron chi connectivity index (χ2n) is 6.67. The fourth-order valence-electron chi connectivity index (χ4n) is 3.21. The van der Waals surface area contributed by atoms with Crippen molar-refractivity contribution in [1.82, 2.24) is 4.72 Å². The van der Waals surface area contributed by atoms with E-state index in [1.807, 2.05) is 31.2 Å². The maximum atomic E-state index is 12.8.